The third-order valence-electron chi connectivity index (χ3n) is 1.57. The molecule has 1 heterocycles. The number of rotatable bonds is 3. The summed E-state index contributed by atoms with van der Waals surface area (Å²) in [6, 6.07) is 0. The van der Waals surface area contributed by atoms with Crippen LogP contribution in [0, 0.1) is 0 Å². The Morgan fingerprint density at radius 1 is 1.50 bits per heavy atom. The van der Waals surface area contributed by atoms with E-state index < -0.39 is 26.6 Å². The minimum Gasteiger partial charge on any atom is -0.790 e. The van der Waals surface area contributed by atoms with Gasteiger partial charge in [0.2, 0.25) is 0 Å². The fourth-order valence-corrected chi connectivity index (χ4v) is 1.29. The predicted octanol–water partition coefficient (Wildman–Crippen LogP) is -8.01. The fourth-order valence-electron chi connectivity index (χ4n) is 0.961. The molecule has 1 saturated heterocycles. The third kappa shape index (κ3) is 7.33. The van der Waals surface area contributed by atoms with E-state index in [0.29, 0.717) is 13.0 Å². The molecule has 0 aliphatic carbocycles. The van der Waals surface area contributed by atoms with E-state index >= 15 is 0 Å². The van der Waals surface area contributed by atoms with E-state index in [-0.39, 0.29) is 59.1 Å². The van der Waals surface area contributed by atoms with Gasteiger partial charge in [0.1, 0.15) is 6.10 Å². The van der Waals surface area contributed by atoms with Crippen LogP contribution >= 0.6 is 7.82 Å². The van der Waals surface area contributed by atoms with Crippen molar-refractivity contribution in [3.05, 3.63) is 0 Å². The number of aliphatic hydroxyl groups excluding tert-OH is 1. The summed E-state index contributed by atoms with van der Waals surface area (Å²) in [4.78, 5) is 20.0. The van der Waals surface area contributed by atoms with Gasteiger partial charge in [0.15, 0.2) is 0 Å². The Morgan fingerprint density at radius 2 is 2.07 bits per heavy atom. The zero-order valence-corrected chi connectivity index (χ0v) is 13.1. The number of phosphoric ester groups is 1. The van der Waals surface area contributed by atoms with Gasteiger partial charge < -0.3 is 28.7 Å². The molecule has 0 radical (unpaired) electrons. The number of ether oxygens (including phenoxy) is 1. The second-order valence-corrected chi connectivity index (χ2v) is 3.66. The third-order valence-corrected chi connectivity index (χ3v) is 2.04. The van der Waals surface area contributed by atoms with Gasteiger partial charge in [-0.3, -0.25) is 0 Å². The predicted molar refractivity (Wildman–Crippen MR) is 33.9 cm³/mol. The van der Waals surface area contributed by atoms with Crippen LogP contribution in [0.25, 0.3) is 0 Å². The molecule has 1 rings (SSSR count). The Balaban J connectivity index is 0. The van der Waals surface area contributed by atoms with Crippen LogP contribution in [0.1, 0.15) is 6.42 Å². The Labute approximate surface area is 126 Å². The summed E-state index contributed by atoms with van der Waals surface area (Å²) in [7, 11) is -4.94. The molecule has 9 heteroatoms. The van der Waals surface area contributed by atoms with Gasteiger partial charge in [-0.2, -0.15) is 0 Å². The van der Waals surface area contributed by atoms with Crippen molar-refractivity contribution in [3.63, 3.8) is 0 Å². The molecule has 0 bridgehead atoms. The molecule has 72 valence electrons. The van der Waals surface area contributed by atoms with Crippen molar-refractivity contribution >= 4 is 7.82 Å². The van der Waals surface area contributed by atoms with Crippen LogP contribution in [0.5, 0.6) is 0 Å². The zero-order valence-electron chi connectivity index (χ0n) is 8.21. The zero-order chi connectivity index (χ0) is 9.19. The molecule has 0 aromatic heterocycles. The summed E-state index contributed by atoms with van der Waals surface area (Å²) in [5.41, 5.74) is 0. The Kier molecular flexibility index (Phi) is 10.7. The smallest absolute Gasteiger partial charge is 0.790 e. The fraction of sp³-hybridized carbons (Fsp3) is 1.00. The molecular formula is C5H9Na2O6P. The maximum Gasteiger partial charge on any atom is 1.00 e. The molecule has 2 atom stereocenters. The quantitative estimate of drug-likeness (QED) is 0.389. The normalized spacial score (nSPS) is 26.5. The molecule has 1 N–H and O–H groups in total. The molecule has 0 aromatic rings. The van der Waals surface area contributed by atoms with E-state index in [4.69, 9.17) is 9.84 Å². The van der Waals surface area contributed by atoms with Crippen molar-refractivity contribution in [2.24, 2.45) is 0 Å². The molecule has 1 fully saturated rings. The van der Waals surface area contributed by atoms with Crippen molar-refractivity contribution < 1.29 is 87.8 Å². The molecule has 0 amide bonds. The van der Waals surface area contributed by atoms with E-state index in [1.165, 1.54) is 0 Å². The first kappa shape index (κ1) is 18.4. The topological polar surface area (TPSA) is 102 Å². The monoisotopic (exact) mass is 242 g/mol. The maximum atomic E-state index is 10.0. The number of phosphoric acid groups is 1. The van der Waals surface area contributed by atoms with Crippen molar-refractivity contribution in [2.75, 3.05) is 13.2 Å². The SMILES string of the molecule is O=P([O-])([O-])OC[C@H]1OCC[C@@H]1O.[Na+].[Na+]. The van der Waals surface area contributed by atoms with Crippen molar-refractivity contribution in [1.82, 2.24) is 0 Å². The molecular weight excluding hydrogens is 233 g/mol. The van der Waals surface area contributed by atoms with Gasteiger partial charge in [-0.1, -0.05) is 0 Å². The van der Waals surface area contributed by atoms with Gasteiger partial charge in [-0.05, 0) is 6.42 Å². The van der Waals surface area contributed by atoms with Crippen LogP contribution < -0.4 is 68.9 Å². The number of hydrogen-bond donors (Lipinski definition) is 1. The van der Waals surface area contributed by atoms with Gasteiger partial charge in [-0.15, -0.1) is 0 Å². The number of hydrogen-bond acceptors (Lipinski definition) is 6. The van der Waals surface area contributed by atoms with Crippen LogP contribution in [0.15, 0.2) is 0 Å². The van der Waals surface area contributed by atoms with E-state index in [2.05, 4.69) is 4.52 Å². The van der Waals surface area contributed by atoms with Gasteiger partial charge >= 0.3 is 59.1 Å². The average molecular weight is 242 g/mol. The van der Waals surface area contributed by atoms with Gasteiger partial charge in [0.25, 0.3) is 0 Å². The summed E-state index contributed by atoms with van der Waals surface area (Å²) in [6.45, 7) is -0.0390. The Bertz CT molecular complexity index is 197. The molecule has 0 saturated carbocycles. The van der Waals surface area contributed by atoms with Crippen LogP contribution in [-0.4, -0.2) is 30.5 Å². The standard InChI is InChI=1S/C5H11O6P.2Na/c6-4-1-2-10-5(4)3-11-12(7,8)9;;/h4-6H,1-3H2,(H2,7,8,9);;/q;2*+1/p-2/t4-,5+;;/m0../s1. The second-order valence-electron chi connectivity index (χ2n) is 2.51. The molecule has 6 nitrogen and oxygen atoms in total. The van der Waals surface area contributed by atoms with Gasteiger partial charge in [0.05, 0.1) is 20.5 Å². The van der Waals surface area contributed by atoms with E-state index in [1.807, 2.05) is 0 Å². The van der Waals surface area contributed by atoms with Crippen molar-refractivity contribution in [2.45, 2.75) is 18.6 Å². The van der Waals surface area contributed by atoms with Crippen molar-refractivity contribution in [3.8, 4) is 0 Å². The largest absolute Gasteiger partial charge is 1.00 e. The summed E-state index contributed by atoms with van der Waals surface area (Å²) < 4.78 is 18.8. The minimum absolute atomic E-state index is 0. The van der Waals surface area contributed by atoms with Gasteiger partial charge in [-0.25, -0.2) is 0 Å². The molecule has 1 aliphatic heterocycles. The first-order valence-corrected chi connectivity index (χ1v) is 4.91. The first-order chi connectivity index (χ1) is 5.49. The van der Waals surface area contributed by atoms with Crippen LogP contribution in [0.3, 0.4) is 0 Å². The summed E-state index contributed by atoms with van der Waals surface area (Å²) in [6.07, 6.45) is -0.992. The average Bonchev–Trinajstić information content (AvgIpc) is 2.29. The Hall–Kier alpha value is 2.03. The van der Waals surface area contributed by atoms with E-state index in [1.54, 1.807) is 0 Å². The minimum atomic E-state index is -4.94. The first-order valence-electron chi connectivity index (χ1n) is 3.45. The number of aliphatic hydroxyl groups is 1. The maximum absolute atomic E-state index is 10.0. The van der Waals surface area contributed by atoms with Crippen LogP contribution in [-0.2, 0) is 13.8 Å². The molecule has 0 unspecified atom stereocenters. The van der Waals surface area contributed by atoms with Crippen LogP contribution in [0.4, 0.5) is 0 Å². The summed E-state index contributed by atoms with van der Waals surface area (Å²) >= 11 is 0. The molecule has 0 aromatic carbocycles. The molecule has 0 spiro atoms. The Morgan fingerprint density at radius 3 is 2.43 bits per heavy atom. The summed E-state index contributed by atoms with van der Waals surface area (Å²) in [5, 5.41) is 9.09. The van der Waals surface area contributed by atoms with Crippen molar-refractivity contribution in [1.29, 1.82) is 0 Å². The molecule has 14 heavy (non-hydrogen) atoms. The van der Waals surface area contributed by atoms with E-state index in [0.717, 1.165) is 0 Å². The second kappa shape index (κ2) is 8.17. The van der Waals surface area contributed by atoms with E-state index in [9.17, 15) is 14.4 Å². The van der Waals surface area contributed by atoms with Crippen LogP contribution in [0.2, 0.25) is 0 Å². The summed E-state index contributed by atoms with van der Waals surface area (Å²) in [5.74, 6) is 0. The molecule has 1 aliphatic rings. The van der Waals surface area contributed by atoms with Gasteiger partial charge in [0, 0.05) is 6.61 Å².